The van der Waals surface area contributed by atoms with Crippen LogP contribution in [0.2, 0.25) is 0 Å². The van der Waals surface area contributed by atoms with Gasteiger partial charge in [-0.05, 0) is 6.42 Å². The van der Waals surface area contributed by atoms with Crippen molar-refractivity contribution in [1.29, 1.82) is 0 Å². The molecule has 1 saturated heterocycles. The molecule has 1 aliphatic heterocycles. The summed E-state index contributed by atoms with van der Waals surface area (Å²) in [7, 11) is 0. The molecule has 54 valence electrons. The Labute approximate surface area is 64.6 Å². The molecule has 0 aliphatic carbocycles. The average Bonchev–Trinajstić information content (AvgIpc) is 2.34. The van der Waals surface area contributed by atoms with Gasteiger partial charge in [-0.3, -0.25) is 0 Å². The molecule has 0 bridgehead atoms. The third-order valence-corrected chi connectivity index (χ3v) is 4.82. The molecule has 0 spiro atoms. The predicted octanol–water partition coefficient (Wildman–Crippen LogP) is 1.56. The first-order chi connectivity index (χ1) is 4.36. The zero-order valence-electron chi connectivity index (χ0n) is 5.54. The van der Waals surface area contributed by atoms with Gasteiger partial charge in [0.1, 0.15) is 0 Å². The first-order valence-electron chi connectivity index (χ1n) is 3.24. The second kappa shape index (κ2) is 3.74. The number of aliphatic hydroxyl groups is 1. The molecule has 0 radical (unpaired) electrons. The van der Waals surface area contributed by atoms with Crippen LogP contribution >= 0.6 is 23.5 Å². The fraction of sp³-hybridized carbons (Fsp3) is 1.00. The van der Waals surface area contributed by atoms with Crippen molar-refractivity contribution in [3.63, 3.8) is 0 Å². The van der Waals surface area contributed by atoms with E-state index in [9.17, 15) is 0 Å². The van der Waals surface area contributed by atoms with E-state index in [0.717, 1.165) is 5.25 Å². The lowest BCUT2D eigenvalue weighted by Gasteiger charge is -2.03. The third kappa shape index (κ3) is 2.06. The molecule has 1 fully saturated rings. The molecule has 2 unspecified atom stereocenters. The molecule has 0 aromatic rings. The number of thioether (sulfide) groups is 2. The standard InChI is InChI=1S/C6H12OS2/c1-2-5-4-8-6(3-7)9-5/h5-7H,2-4H2,1H3. The normalized spacial score (nSPS) is 35.3. The van der Waals surface area contributed by atoms with E-state index in [-0.39, 0.29) is 0 Å². The maximum Gasteiger partial charge on any atom is 0.0736 e. The van der Waals surface area contributed by atoms with Crippen LogP contribution in [0.25, 0.3) is 0 Å². The number of hydrogen-bond acceptors (Lipinski definition) is 3. The summed E-state index contributed by atoms with van der Waals surface area (Å²) in [6, 6.07) is 0. The fourth-order valence-corrected chi connectivity index (χ4v) is 3.87. The molecular weight excluding hydrogens is 152 g/mol. The van der Waals surface area contributed by atoms with Crippen molar-refractivity contribution in [2.75, 3.05) is 12.4 Å². The maximum atomic E-state index is 8.74. The molecule has 1 heterocycles. The van der Waals surface area contributed by atoms with Crippen LogP contribution in [0.15, 0.2) is 0 Å². The smallest absolute Gasteiger partial charge is 0.0736 e. The van der Waals surface area contributed by atoms with E-state index in [1.807, 2.05) is 23.5 Å². The summed E-state index contributed by atoms with van der Waals surface area (Å²) in [4.78, 5) is 0. The Morgan fingerprint density at radius 1 is 1.67 bits per heavy atom. The fourth-order valence-electron chi connectivity index (χ4n) is 0.818. The van der Waals surface area contributed by atoms with Gasteiger partial charge in [-0.1, -0.05) is 6.92 Å². The van der Waals surface area contributed by atoms with E-state index in [1.165, 1.54) is 12.2 Å². The number of aliphatic hydroxyl groups excluding tert-OH is 1. The summed E-state index contributed by atoms with van der Waals surface area (Å²) in [5, 5.41) is 9.54. The minimum atomic E-state index is 0.339. The van der Waals surface area contributed by atoms with Gasteiger partial charge >= 0.3 is 0 Å². The molecule has 0 saturated carbocycles. The van der Waals surface area contributed by atoms with Gasteiger partial charge < -0.3 is 5.11 Å². The van der Waals surface area contributed by atoms with Gasteiger partial charge in [0.05, 0.1) is 11.2 Å². The molecule has 0 amide bonds. The van der Waals surface area contributed by atoms with Crippen LogP contribution in [0, 0.1) is 0 Å². The van der Waals surface area contributed by atoms with Crippen molar-refractivity contribution in [2.45, 2.75) is 23.2 Å². The Kier molecular flexibility index (Phi) is 3.22. The van der Waals surface area contributed by atoms with E-state index in [1.54, 1.807) is 0 Å². The lowest BCUT2D eigenvalue weighted by molar-refractivity contribution is 0.316. The maximum absolute atomic E-state index is 8.74. The minimum absolute atomic E-state index is 0.339. The van der Waals surface area contributed by atoms with Crippen LogP contribution in [0.3, 0.4) is 0 Å². The third-order valence-electron chi connectivity index (χ3n) is 1.42. The Bertz CT molecular complexity index is 77.1. The van der Waals surface area contributed by atoms with Gasteiger partial charge in [0, 0.05) is 11.0 Å². The van der Waals surface area contributed by atoms with Crippen LogP contribution in [0.1, 0.15) is 13.3 Å². The van der Waals surface area contributed by atoms with Crippen LogP contribution in [-0.2, 0) is 0 Å². The zero-order chi connectivity index (χ0) is 6.69. The van der Waals surface area contributed by atoms with Crippen molar-refractivity contribution in [1.82, 2.24) is 0 Å². The van der Waals surface area contributed by atoms with E-state index >= 15 is 0 Å². The van der Waals surface area contributed by atoms with Crippen LogP contribution in [-0.4, -0.2) is 27.3 Å². The molecule has 1 N–H and O–H groups in total. The average molecular weight is 164 g/mol. The second-order valence-electron chi connectivity index (χ2n) is 2.11. The Balaban J connectivity index is 2.20. The van der Waals surface area contributed by atoms with Gasteiger partial charge in [0.2, 0.25) is 0 Å². The molecule has 3 heteroatoms. The first-order valence-corrected chi connectivity index (χ1v) is 5.24. The van der Waals surface area contributed by atoms with Gasteiger partial charge in [-0.15, -0.1) is 23.5 Å². The molecule has 0 aromatic carbocycles. The van der Waals surface area contributed by atoms with Crippen LogP contribution < -0.4 is 0 Å². The number of rotatable bonds is 2. The van der Waals surface area contributed by atoms with Crippen molar-refractivity contribution in [3.8, 4) is 0 Å². The van der Waals surface area contributed by atoms with Gasteiger partial charge in [-0.2, -0.15) is 0 Å². The highest BCUT2D eigenvalue weighted by Gasteiger charge is 2.23. The second-order valence-corrected chi connectivity index (χ2v) is 5.15. The summed E-state index contributed by atoms with van der Waals surface area (Å²) in [5.74, 6) is 1.23. The van der Waals surface area contributed by atoms with Gasteiger partial charge in [-0.25, -0.2) is 0 Å². The predicted molar refractivity (Wildman–Crippen MR) is 45.0 cm³/mol. The van der Waals surface area contributed by atoms with Crippen molar-refractivity contribution < 1.29 is 5.11 Å². The topological polar surface area (TPSA) is 20.2 Å². The lowest BCUT2D eigenvalue weighted by Crippen LogP contribution is -2.00. The minimum Gasteiger partial charge on any atom is -0.394 e. The Morgan fingerprint density at radius 2 is 2.44 bits per heavy atom. The highest BCUT2D eigenvalue weighted by atomic mass is 32.2. The quantitative estimate of drug-likeness (QED) is 0.669. The SMILES string of the molecule is CCC1CSC(CO)S1. The molecule has 2 atom stereocenters. The summed E-state index contributed by atoms with van der Waals surface area (Å²) in [6.45, 7) is 2.55. The zero-order valence-corrected chi connectivity index (χ0v) is 7.17. The summed E-state index contributed by atoms with van der Waals surface area (Å²) >= 11 is 3.81. The highest BCUT2D eigenvalue weighted by Crippen LogP contribution is 2.38. The first kappa shape index (κ1) is 7.76. The Morgan fingerprint density at radius 3 is 2.78 bits per heavy atom. The molecular formula is C6H12OS2. The van der Waals surface area contributed by atoms with Crippen molar-refractivity contribution in [2.24, 2.45) is 0 Å². The molecule has 9 heavy (non-hydrogen) atoms. The highest BCUT2D eigenvalue weighted by molar-refractivity contribution is 8.20. The van der Waals surface area contributed by atoms with Crippen LogP contribution in [0.5, 0.6) is 0 Å². The van der Waals surface area contributed by atoms with Gasteiger partial charge in [0.25, 0.3) is 0 Å². The summed E-state index contributed by atoms with van der Waals surface area (Å²) in [6.07, 6.45) is 1.24. The largest absolute Gasteiger partial charge is 0.394 e. The molecule has 1 nitrogen and oxygen atoms in total. The van der Waals surface area contributed by atoms with E-state index in [2.05, 4.69) is 6.92 Å². The Hall–Kier alpha value is 0.660. The van der Waals surface area contributed by atoms with E-state index in [0.29, 0.717) is 11.2 Å². The van der Waals surface area contributed by atoms with E-state index in [4.69, 9.17) is 5.11 Å². The van der Waals surface area contributed by atoms with Crippen molar-refractivity contribution in [3.05, 3.63) is 0 Å². The molecule has 1 rings (SSSR count). The summed E-state index contributed by atoms with van der Waals surface area (Å²) < 4.78 is 0.468. The molecule has 1 aliphatic rings. The lowest BCUT2D eigenvalue weighted by atomic mass is 10.4. The van der Waals surface area contributed by atoms with Gasteiger partial charge in [0.15, 0.2) is 0 Å². The molecule has 0 aromatic heterocycles. The summed E-state index contributed by atoms with van der Waals surface area (Å²) in [5.41, 5.74) is 0. The van der Waals surface area contributed by atoms with Crippen molar-refractivity contribution >= 4 is 23.5 Å². The number of hydrogen-bond donors (Lipinski definition) is 1. The monoisotopic (exact) mass is 164 g/mol. The van der Waals surface area contributed by atoms with Crippen LogP contribution in [0.4, 0.5) is 0 Å². The van der Waals surface area contributed by atoms with E-state index < -0.39 is 0 Å².